The van der Waals surface area contributed by atoms with Gasteiger partial charge in [0.1, 0.15) is 5.75 Å². The van der Waals surface area contributed by atoms with Crippen LogP contribution in [0.5, 0.6) is 5.75 Å². The van der Waals surface area contributed by atoms with Crippen molar-refractivity contribution in [2.24, 2.45) is 0 Å². The van der Waals surface area contributed by atoms with Gasteiger partial charge in [-0.1, -0.05) is 47.5 Å². The minimum absolute atomic E-state index is 0.0380. The van der Waals surface area contributed by atoms with Crippen molar-refractivity contribution in [2.45, 2.75) is 25.6 Å². The number of hydrogen-bond acceptors (Lipinski definition) is 4. The van der Waals surface area contributed by atoms with Gasteiger partial charge in [0.25, 0.3) is 5.60 Å². The van der Waals surface area contributed by atoms with E-state index in [-0.39, 0.29) is 11.3 Å². The van der Waals surface area contributed by atoms with Gasteiger partial charge in [-0.3, -0.25) is 0 Å². The highest BCUT2D eigenvalue weighted by atomic mass is 16.5. The Morgan fingerprint density at radius 2 is 1.38 bits per heavy atom. The van der Waals surface area contributed by atoms with E-state index in [1.807, 2.05) is 6.92 Å². The summed E-state index contributed by atoms with van der Waals surface area (Å²) in [4.78, 5) is 23.3. The first-order valence-corrected chi connectivity index (χ1v) is 7.24. The lowest BCUT2D eigenvalue weighted by Gasteiger charge is -2.33. The van der Waals surface area contributed by atoms with Gasteiger partial charge < -0.3 is 20.1 Å². The molecule has 1 unspecified atom stereocenters. The van der Waals surface area contributed by atoms with Crippen molar-refractivity contribution >= 4 is 11.9 Å². The second-order valence-corrected chi connectivity index (χ2v) is 5.56. The van der Waals surface area contributed by atoms with Crippen LogP contribution in [0.2, 0.25) is 0 Å². The second-order valence-electron chi connectivity index (χ2n) is 5.56. The Labute approximate surface area is 138 Å². The number of aliphatic carboxylic acids is 2. The number of carbonyl (C=O) groups is 2. The number of rotatable bonds is 6. The number of aryl methyl sites for hydroxylation is 2. The van der Waals surface area contributed by atoms with Crippen molar-refractivity contribution in [2.75, 3.05) is 0 Å². The standard InChI is InChI=1S/C18H18O6/c1-11-3-7-13(8-4-11)18(17(22)23,15(19)16(20)21)24-14-9-5-12(2)6-10-14/h3-10,15,19H,1-2H3,(H,20,21)(H,22,23)/t15?,18-/m0/s1. The largest absolute Gasteiger partial charge is 0.479 e. The number of ether oxygens (including phenoxy) is 1. The topological polar surface area (TPSA) is 104 Å². The monoisotopic (exact) mass is 330 g/mol. The molecule has 3 N–H and O–H groups in total. The Morgan fingerprint density at radius 3 is 1.79 bits per heavy atom. The van der Waals surface area contributed by atoms with Crippen LogP contribution in [0.1, 0.15) is 16.7 Å². The molecule has 2 aromatic carbocycles. The zero-order valence-corrected chi connectivity index (χ0v) is 13.3. The fourth-order valence-corrected chi connectivity index (χ4v) is 2.32. The lowest BCUT2D eigenvalue weighted by atomic mass is 9.87. The molecular weight excluding hydrogens is 312 g/mol. The smallest absolute Gasteiger partial charge is 0.356 e. The summed E-state index contributed by atoms with van der Waals surface area (Å²) in [6.45, 7) is 3.65. The number of aliphatic hydroxyl groups excluding tert-OH is 1. The summed E-state index contributed by atoms with van der Waals surface area (Å²) >= 11 is 0. The molecule has 0 spiro atoms. The molecule has 2 atom stereocenters. The van der Waals surface area contributed by atoms with E-state index in [0.29, 0.717) is 0 Å². The lowest BCUT2D eigenvalue weighted by Crippen LogP contribution is -2.54. The van der Waals surface area contributed by atoms with Gasteiger partial charge in [0.2, 0.25) is 6.10 Å². The summed E-state index contributed by atoms with van der Waals surface area (Å²) in [5.74, 6) is -3.14. The molecule has 0 heterocycles. The van der Waals surface area contributed by atoms with Crippen LogP contribution in [0.4, 0.5) is 0 Å². The number of carboxylic acids is 2. The highest BCUT2D eigenvalue weighted by Crippen LogP contribution is 2.33. The maximum atomic E-state index is 12.0. The van der Waals surface area contributed by atoms with Crippen LogP contribution in [-0.2, 0) is 15.2 Å². The molecule has 2 rings (SSSR count). The van der Waals surface area contributed by atoms with Crippen LogP contribution in [0.15, 0.2) is 48.5 Å². The van der Waals surface area contributed by atoms with Gasteiger partial charge in [0.15, 0.2) is 0 Å². The molecule has 0 radical (unpaired) electrons. The van der Waals surface area contributed by atoms with Crippen molar-refractivity contribution in [1.29, 1.82) is 0 Å². The molecule has 6 heteroatoms. The van der Waals surface area contributed by atoms with Gasteiger partial charge in [-0.2, -0.15) is 0 Å². The Bertz CT molecular complexity index is 735. The van der Waals surface area contributed by atoms with Crippen molar-refractivity contribution in [3.63, 3.8) is 0 Å². The van der Waals surface area contributed by atoms with Gasteiger partial charge in [0, 0.05) is 5.56 Å². The Balaban J connectivity index is 2.61. The van der Waals surface area contributed by atoms with Crippen LogP contribution >= 0.6 is 0 Å². The summed E-state index contributed by atoms with van der Waals surface area (Å²) < 4.78 is 5.54. The van der Waals surface area contributed by atoms with Crippen LogP contribution in [0, 0.1) is 13.8 Å². The molecule has 0 fully saturated rings. The van der Waals surface area contributed by atoms with E-state index >= 15 is 0 Å². The third kappa shape index (κ3) is 3.23. The van der Waals surface area contributed by atoms with Crippen molar-refractivity contribution in [3.8, 4) is 5.75 Å². The Hall–Kier alpha value is -2.86. The SMILES string of the molecule is Cc1ccc(O[C@@](C(=O)O)(c2ccc(C)cc2)C(O)C(=O)O)cc1. The average Bonchev–Trinajstić information content (AvgIpc) is 2.54. The highest BCUT2D eigenvalue weighted by Gasteiger charge is 2.53. The molecule has 24 heavy (non-hydrogen) atoms. The van der Waals surface area contributed by atoms with Gasteiger partial charge >= 0.3 is 11.9 Å². The van der Waals surface area contributed by atoms with Gasteiger partial charge in [0.05, 0.1) is 0 Å². The van der Waals surface area contributed by atoms with Crippen molar-refractivity contribution in [1.82, 2.24) is 0 Å². The van der Waals surface area contributed by atoms with Crippen molar-refractivity contribution < 1.29 is 29.6 Å². The van der Waals surface area contributed by atoms with E-state index in [9.17, 15) is 24.9 Å². The van der Waals surface area contributed by atoms with E-state index in [0.717, 1.165) is 11.1 Å². The predicted octanol–water partition coefficient (Wildman–Crippen LogP) is 2.11. The van der Waals surface area contributed by atoms with E-state index in [2.05, 4.69) is 0 Å². The number of aliphatic hydroxyl groups is 1. The minimum Gasteiger partial charge on any atom is -0.479 e. The van der Waals surface area contributed by atoms with Gasteiger partial charge in [-0.15, -0.1) is 0 Å². The van der Waals surface area contributed by atoms with E-state index < -0.39 is 23.6 Å². The Kier molecular flexibility index (Phi) is 4.90. The third-order valence-electron chi connectivity index (χ3n) is 3.72. The van der Waals surface area contributed by atoms with Crippen LogP contribution in [-0.4, -0.2) is 33.4 Å². The highest BCUT2D eigenvalue weighted by molar-refractivity contribution is 5.89. The van der Waals surface area contributed by atoms with E-state index in [4.69, 9.17) is 4.74 Å². The number of benzene rings is 2. The molecule has 0 aliphatic carbocycles. The average molecular weight is 330 g/mol. The molecule has 0 aliphatic heterocycles. The molecule has 0 aromatic heterocycles. The second kappa shape index (κ2) is 6.72. The first-order chi connectivity index (χ1) is 11.3. The lowest BCUT2D eigenvalue weighted by molar-refractivity contribution is -0.180. The zero-order valence-electron chi connectivity index (χ0n) is 13.3. The molecule has 126 valence electrons. The van der Waals surface area contributed by atoms with Crippen LogP contribution in [0.25, 0.3) is 0 Å². The molecule has 0 amide bonds. The van der Waals surface area contributed by atoms with Gasteiger partial charge in [-0.25, -0.2) is 9.59 Å². The van der Waals surface area contributed by atoms with E-state index in [1.165, 1.54) is 24.3 Å². The Morgan fingerprint density at radius 1 is 0.917 bits per heavy atom. The summed E-state index contributed by atoms with van der Waals surface area (Å²) in [6, 6.07) is 12.6. The summed E-state index contributed by atoms with van der Waals surface area (Å²) in [5, 5.41) is 29.1. The predicted molar refractivity (Wildman–Crippen MR) is 85.9 cm³/mol. The summed E-state index contributed by atoms with van der Waals surface area (Å²) in [7, 11) is 0. The van der Waals surface area contributed by atoms with Gasteiger partial charge in [-0.05, 0) is 26.0 Å². The first-order valence-electron chi connectivity index (χ1n) is 7.24. The third-order valence-corrected chi connectivity index (χ3v) is 3.72. The fourth-order valence-electron chi connectivity index (χ4n) is 2.32. The molecule has 6 nitrogen and oxygen atoms in total. The van der Waals surface area contributed by atoms with Crippen LogP contribution in [0.3, 0.4) is 0 Å². The minimum atomic E-state index is -2.46. The maximum Gasteiger partial charge on any atom is 0.356 e. The zero-order chi connectivity index (χ0) is 17.9. The summed E-state index contributed by atoms with van der Waals surface area (Å²) in [5.41, 5.74) is -0.638. The number of carboxylic acid groups (broad SMARTS) is 2. The van der Waals surface area contributed by atoms with Crippen molar-refractivity contribution in [3.05, 3.63) is 65.2 Å². The molecule has 0 aliphatic rings. The summed E-state index contributed by atoms with van der Waals surface area (Å²) in [6.07, 6.45) is -2.29. The number of hydrogen-bond donors (Lipinski definition) is 3. The van der Waals surface area contributed by atoms with E-state index in [1.54, 1.807) is 31.2 Å². The molecule has 0 saturated carbocycles. The molecule has 0 bridgehead atoms. The molecular formula is C18H18O6. The molecule has 0 saturated heterocycles. The maximum absolute atomic E-state index is 12.0. The van der Waals surface area contributed by atoms with Crippen LogP contribution < -0.4 is 4.74 Å². The quantitative estimate of drug-likeness (QED) is 0.749. The normalized spacial score (nSPS) is 14.5. The fraction of sp³-hybridized carbons (Fsp3) is 0.222. The first kappa shape index (κ1) is 17.5. The molecule has 2 aromatic rings.